The first-order chi connectivity index (χ1) is 7.83. The molecule has 86 valence electrons. The molecule has 1 aromatic carbocycles. The van der Waals surface area contributed by atoms with E-state index in [1.165, 1.54) is 31.5 Å². The zero-order valence-electron chi connectivity index (χ0n) is 9.97. The molecule has 0 aromatic heterocycles. The van der Waals surface area contributed by atoms with Crippen molar-refractivity contribution in [1.82, 2.24) is 9.80 Å². The summed E-state index contributed by atoms with van der Waals surface area (Å²) in [7, 11) is 2.26. The van der Waals surface area contributed by atoms with Gasteiger partial charge in [-0.15, -0.1) is 0 Å². The number of likely N-dealkylation sites (N-methyl/N-ethyl adjacent to an activating group) is 1. The Hall–Kier alpha value is -0.860. The second-order valence-electron chi connectivity index (χ2n) is 5.26. The van der Waals surface area contributed by atoms with Gasteiger partial charge < -0.3 is 4.90 Å². The molecule has 2 saturated heterocycles. The maximum absolute atomic E-state index is 2.72. The fraction of sp³-hybridized carbons (Fsp3) is 0.571. The molecular weight excluding hydrogens is 196 g/mol. The highest BCUT2D eigenvalue weighted by molar-refractivity contribution is 5.15. The molecule has 16 heavy (non-hydrogen) atoms. The van der Waals surface area contributed by atoms with Gasteiger partial charge in [-0.2, -0.15) is 0 Å². The molecule has 0 amide bonds. The van der Waals surface area contributed by atoms with Crippen LogP contribution in [0.1, 0.15) is 18.4 Å². The van der Waals surface area contributed by atoms with E-state index in [1.807, 2.05) is 0 Å². The first kappa shape index (κ1) is 10.3. The van der Waals surface area contributed by atoms with E-state index in [-0.39, 0.29) is 0 Å². The zero-order valence-corrected chi connectivity index (χ0v) is 9.97. The van der Waals surface area contributed by atoms with Crippen molar-refractivity contribution in [2.45, 2.75) is 31.5 Å². The summed E-state index contributed by atoms with van der Waals surface area (Å²) < 4.78 is 0. The highest BCUT2D eigenvalue weighted by atomic mass is 15.3. The van der Waals surface area contributed by atoms with Crippen LogP contribution in [-0.2, 0) is 6.54 Å². The van der Waals surface area contributed by atoms with E-state index in [4.69, 9.17) is 0 Å². The van der Waals surface area contributed by atoms with Gasteiger partial charge in [-0.1, -0.05) is 30.3 Å². The van der Waals surface area contributed by atoms with Gasteiger partial charge in [-0.3, -0.25) is 4.90 Å². The maximum Gasteiger partial charge on any atom is 0.0240 e. The summed E-state index contributed by atoms with van der Waals surface area (Å²) in [6, 6.07) is 12.5. The van der Waals surface area contributed by atoms with Gasteiger partial charge in [0, 0.05) is 31.7 Å². The van der Waals surface area contributed by atoms with Crippen molar-refractivity contribution in [1.29, 1.82) is 0 Å². The van der Waals surface area contributed by atoms with Gasteiger partial charge in [-0.25, -0.2) is 0 Å². The third-order valence-corrected chi connectivity index (χ3v) is 4.02. The number of piperazine rings is 1. The summed E-state index contributed by atoms with van der Waals surface area (Å²) >= 11 is 0. The lowest BCUT2D eigenvalue weighted by Crippen LogP contribution is -2.51. The summed E-state index contributed by atoms with van der Waals surface area (Å²) in [6.07, 6.45) is 2.78. The van der Waals surface area contributed by atoms with Crippen molar-refractivity contribution in [3.8, 4) is 0 Å². The minimum atomic E-state index is 0.795. The third-order valence-electron chi connectivity index (χ3n) is 4.02. The molecule has 2 bridgehead atoms. The quantitative estimate of drug-likeness (QED) is 0.745. The van der Waals surface area contributed by atoms with Crippen LogP contribution in [0.2, 0.25) is 0 Å². The minimum Gasteiger partial charge on any atom is -0.303 e. The Balaban J connectivity index is 1.72. The smallest absolute Gasteiger partial charge is 0.0240 e. The number of nitrogens with zero attached hydrogens (tertiary/aromatic N) is 2. The van der Waals surface area contributed by atoms with Crippen LogP contribution in [0.15, 0.2) is 30.3 Å². The van der Waals surface area contributed by atoms with Crippen LogP contribution < -0.4 is 0 Å². The predicted octanol–water partition coefficient (Wildman–Crippen LogP) is 1.96. The Kier molecular flexibility index (Phi) is 2.70. The number of hydrogen-bond donors (Lipinski definition) is 0. The number of benzene rings is 1. The summed E-state index contributed by atoms with van der Waals surface area (Å²) in [4.78, 5) is 5.21. The molecule has 2 heterocycles. The standard InChI is InChI=1S/C14H20N2/c1-15-10-13-7-8-14(11-15)16(13)9-12-5-3-2-4-6-12/h2-6,13-14H,7-11H2,1H3/t13-,14+. The van der Waals surface area contributed by atoms with Gasteiger partial charge >= 0.3 is 0 Å². The van der Waals surface area contributed by atoms with E-state index in [2.05, 4.69) is 47.2 Å². The summed E-state index contributed by atoms with van der Waals surface area (Å²) in [5, 5.41) is 0. The first-order valence-electron chi connectivity index (χ1n) is 6.31. The van der Waals surface area contributed by atoms with Crippen molar-refractivity contribution < 1.29 is 0 Å². The van der Waals surface area contributed by atoms with E-state index < -0.39 is 0 Å². The van der Waals surface area contributed by atoms with Crippen molar-refractivity contribution in [2.24, 2.45) is 0 Å². The maximum atomic E-state index is 2.72. The molecule has 3 rings (SSSR count). The predicted molar refractivity (Wildman–Crippen MR) is 66.3 cm³/mol. The van der Waals surface area contributed by atoms with Crippen LogP contribution in [0, 0.1) is 0 Å². The van der Waals surface area contributed by atoms with Crippen LogP contribution in [-0.4, -0.2) is 42.0 Å². The highest BCUT2D eigenvalue weighted by Crippen LogP contribution is 2.30. The zero-order chi connectivity index (χ0) is 11.0. The molecule has 1 aromatic rings. The van der Waals surface area contributed by atoms with E-state index in [0.29, 0.717) is 0 Å². The molecule has 0 N–H and O–H groups in total. The van der Waals surface area contributed by atoms with Gasteiger partial charge in [0.05, 0.1) is 0 Å². The Morgan fingerprint density at radius 3 is 2.31 bits per heavy atom. The Morgan fingerprint density at radius 1 is 1.06 bits per heavy atom. The van der Waals surface area contributed by atoms with Crippen molar-refractivity contribution in [3.05, 3.63) is 35.9 Å². The summed E-state index contributed by atoms with van der Waals surface area (Å²) in [5.74, 6) is 0. The highest BCUT2D eigenvalue weighted by Gasteiger charge is 2.38. The van der Waals surface area contributed by atoms with Gasteiger partial charge in [0.15, 0.2) is 0 Å². The average molecular weight is 216 g/mol. The monoisotopic (exact) mass is 216 g/mol. The van der Waals surface area contributed by atoms with Crippen molar-refractivity contribution in [3.63, 3.8) is 0 Å². The first-order valence-corrected chi connectivity index (χ1v) is 6.31. The summed E-state index contributed by atoms with van der Waals surface area (Å²) in [5.41, 5.74) is 1.46. The molecular formula is C14H20N2. The van der Waals surface area contributed by atoms with Crippen molar-refractivity contribution >= 4 is 0 Å². The lowest BCUT2D eigenvalue weighted by Gasteiger charge is -2.39. The largest absolute Gasteiger partial charge is 0.303 e. The van der Waals surface area contributed by atoms with Gasteiger partial charge in [0.1, 0.15) is 0 Å². The fourth-order valence-electron chi connectivity index (χ4n) is 3.25. The topological polar surface area (TPSA) is 6.48 Å². The van der Waals surface area contributed by atoms with Crippen LogP contribution >= 0.6 is 0 Å². The molecule has 2 atom stereocenters. The van der Waals surface area contributed by atoms with Crippen molar-refractivity contribution in [2.75, 3.05) is 20.1 Å². The SMILES string of the molecule is CN1C[C@H]2CC[C@@H](C1)N2Cc1ccccc1. The van der Waals surface area contributed by atoms with E-state index in [0.717, 1.165) is 18.6 Å². The van der Waals surface area contributed by atoms with Gasteiger partial charge in [0.2, 0.25) is 0 Å². The second kappa shape index (κ2) is 4.19. The Bertz CT molecular complexity index is 335. The molecule has 0 aliphatic carbocycles. The van der Waals surface area contributed by atoms with E-state index >= 15 is 0 Å². The van der Waals surface area contributed by atoms with Gasteiger partial charge in [0.25, 0.3) is 0 Å². The van der Waals surface area contributed by atoms with Crippen LogP contribution in [0.3, 0.4) is 0 Å². The summed E-state index contributed by atoms with van der Waals surface area (Å²) in [6.45, 7) is 3.65. The molecule has 2 aliphatic heterocycles. The number of hydrogen-bond acceptors (Lipinski definition) is 2. The Labute approximate surface area is 97.9 Å². The lowest BCUT2D eigenvalue weighted by atomic mass is 10.1. The third kappa shape index (κ3) is 1.87. The number of rotatable bonds is 2. The van der Waals surface area contributed by atoms with Crippen LogP contribution in [0.4, 0.5) is 0 Å². The molecule has 0 unspecified atom stereocenters. The minimum absolute atomic E-state index is 0.795. The average Bonchev–Trinajstić information content (AvgIpc) is 2.54. The normalized spacial score (nSPS) is 30.8. The molecule has 2 nitrogen and oxygen atoms in total. The van der Waals surface area contributed by atoms with Crippen LogP contribution in [0.25, 0.3) is 0 Å². The van der Waals surface area contributed by atoms with Crippen LogP contribution in [0.5, 0.6) is 0 Å². The molecule has 2 fully saturated rings. The molecule has 2 aliphatic rings. The van der Waals surface area contributed by atoms with Gasteiger partial charge in [-0.05, 0) is 25.5 Å². The second-order valence-corrected chi connectivity index (χ2v) is 5.26. The molecule has 0 spiro atoms. The Morgan fingerprint density at radius 2 is 1.69 bits per heavy atom. The van der Waals surface area contributed by atoms with E-state index in [1.54, 1.807) is 0 Å². The number of likely N-dealkylation sites (tertiary alicyclic amines) is 1. The molecule has 2 heteroatoms. The van der Waals surface area contributed by atoms with E-state index in [9.17, 15) is 0 Å². The number of fused-ring (bicyclic) bond motifs is 2. The lowest BCUT2D eigenvalue weighted by molar-refractivity contribution is 0.0760. The fourth-order valence-corrected chi connectivity index (χ4v) is 3.25. The molecule has 0 saturated carbocycles. The molecule has 0 radical (unpaired) electrons.